The third-order valence-electron chi connectivity index (χ3n) is 4.19. The van der Waals surface area contributed by atoms with Crippen LogP contribution in [0.15, 0.2) is 42.6 Å². The van der Waals surface area contributed by atoms with Gasteiger partial charge in [0.2, 0.25) is 0 Å². The Bertz CT molecular complexity index is 957. The van der Waals surface area contributed by atoms with E-state index in [9.17, 15) is 18.0 Å². The first-order valence-corrected chi connectivity index (χ1v) is 10.1. The van der Waals surface area contributed by atoms with Crippen molar-refractivity contribution >= 4 is 33.2 Å². The molecule has 1 amide bonds. The maximum absolute atomic E-state index is 12.4. The smallest absolute Gasteiger partial charge is 0.339 e. The van der Waals surface area contributed by atoms with Crippen molar-refractivity contribution in [2.45, 2.75) is 12.5 Å². The Kier molecular flexibility index (Phi) is 5.41. The summed E-state index contributed by atoms with van der Waals surface area (Å²) < 4.78 is 27.7. The molecule has 2 heterocycles. The number of hydrogen-bond acceptors (Lipinski definition) is 7. The molecule has 1 saturated heterocycles. The molecule has 0 saturated carbocycles. The number of benzene rings is 1. The number of rotatable bonds is 5. The zero-order valence-corrected chi connectivity index (χ0v) is 15.5. The Morgan fingerprint density at radius 1 is 1.19 bits per heavy atom. The number of pyridine rings is 1. The molecule has 2 aromatic rings. The molecule has 1 aromatic carbocycles. The summed E-state index contributed by atoms with van der Waals surface area (Å²) in [6, 6.07) is 9.56. The number of amides is 1. The van der Waals surface area contributed by atoms with Crippen LogP contribution in [-0.4, -0.2) is 49.9 Å². The highest BCUT2D eigenvalue weighted by atomic mass is 32.2. The molecule has 1 aliphatic heterocycles. The summed E-state index contributed by atoms with van der Waals surface area (Å²) in [4.78, 5) is 28.4. The van der Waals surface area contributed by atoms with Gasteiger partial charge in [0.25, 0.3) is 5.91 Å². The lowest BCUT2D eigenvalue weighted by atomic mass is 10.1. The quantitative estimate of drug-likeness (QED) is 0.748. The van der Waals surface area contributed by atoms with Gasteiger partial charge in [-0.1, -0.05) is 12.1 Å². The summed E-state index contributed by atoms with van der Waals surface area (Å²) in [5, 5.41) is 5.73. The Morgan fingerprint density at radius 2 is 1.96 bits per heavy atom. The summed E-state index contributed by atoms with van der Waals surface area (Å²) in [7, 11) is -1.71. The molecule has 1 aromatic heterocycles. The van der Waals surface area contributed by atoms with E-state index in [1.165, 1.54) is 13.3 Å². The summed E-state index contributed by atoms with van der Waals surface area (Å²) in [5.41, 5.74) is 0.897. The predicted octanol–water partition coefficient (Wildman–Crippen LogP) is 1.72. The van der Waals surface area contributed by atoms with Crippen LogP contribution in [0, 0.1) is 0 Å². The molecule has 1 unspecified atom stereocenters. The first-order chi connectivity index (χ1) is 12.9. The number of carbonyl (C=O) groups excluding carboxylic acids is 2. The molecule has 8 nitrogen and oxygen atoms in total. The Hall–Kier alpha value is -2.94. The third-order valence-corrected chi connectivity index (χ3v) is 5.96. The van der Waals surface area contributed by atoms with Crippen molar-refractivity contribution in [3.63, 3.8) is 0 Å². The predicted molar refractivity (Wildman–Crippen MR) is 101 cm³/mol. The van der Waals surface area contributed by atoms with E-state index in [0.29, 0.717) is 23.5 Å². The van der Waals surface area contributed by atoms with Crippen molar-refractivity contribution in [1.29, 1.82) is 0 Å². The van der Waals surface area contributed by atoms with Gasteiger partial charge in [-0.15, -0.1) is 0 Å². The molecule has 2 N–H and O–H groups in total. The van der Waals surface area contributed by atoms with Crippen LogP contribution >= 0.6 is 0 Å². The molecular weight excluding hydrogens is 370 g/mol. The van der Waals surface area contributed by atoms with Crippen LogP contribution in [-0.2, 0) is 14.6 Å². The number of para-hydroxylation sites is 1. The van der Waals surface area contributed by atoms with Crippen LogP contribution in [0.25, 0.3) is 0 Å². The first kappa shape index (κ1) is 18.8. The van der Waals surface area contributed by atoms with E-state index in [1.807, 2.05) is 0 Å². The van der Waals surface area contributed by atoms with Crippen LogP contribution in [0.3, 0.4) is 0 Å². The minimum absolute atomic E-state index is 0.0846. The second-order valence-corrected chi connectivity index (χ2v) is 8.40. The maximum Gasteiger partial charge on any atom is 0.339 e. The van der Waals surface area contributed by atoms with Crippen LogP contribution in [0.2, 0.25) is 0 Å². The molecular formula is C18H19N3O5S. The van der Waals surface area contributed by atoms with E-state index in [1.54, 1.807) is 36.4 Å². The molecule has 27 heavy (non-hydrogen) atoms. The molecule has 1 atom stereocenters. The molecule has 0 spiro atoms. The molecule has 1 aliphatic rings. The van der Waals surface area contributed by atoms with Crippen LogP contribution in [0.5, 0.6) is 0 Å². The Balaban J connectivity index is 1.67. The maximum atomic E-state index is 12.4. The summed E-state index contributed by atoms with van der Waals surface area (Å²) in [6.45, 7) is 0. The topological polar surface area (TPSA) is 114 Å². The largest absolute Gasteiger partial charge is 0.465 e. The van der Waals surface area contributed by atoms with Crippen molar-refractivity contribution < 1.29 is 22.7 Å². The van der Waals surface area contributed by atoms with E-state index >= 15 is 0 Å². The zero-order chi connectivity index (χ0) is 19.4. The SMILES string of the molecule is COC(=O)c1ccccc1NC(=O)c1ccc(NC2CCS(=O)(=O)C2)nc1. The van der Waals surface area contributed by atoms with Crippen molar-refractivity contribution in [3.8, 4) is 0 Å². The van der Waals surface area contributed by atoms with Gasteiger partial charge in [-0.2, -0.15) is 0 Å². The molecule has 0 aliphatic carbocycles. The average molecular weight is 389 g/mol. The molecule has 0 bridgehead atoms. The van der Waals surface area contributed by atoms with Gasteiger partial charge < -0.3 is 15.4 Å². The highest BCUT2D eigenvalue weighted by Gasteiger charge is 2.27. The standard InChI is InChI=1S/C18H19N3O5S/c1-26-18(23)14-4-2-3-5-15(14)21-17(22)12-6-7-16(19-10-12)20-13-8-9-27(24,25)11-13/h2-7,10,13H,8-9,11H2,1H3,(H,19,20)(H,21,22). The number of anilines is 2. The number of sulfone groups is 1. The van der Waals surface area contributed by atoms with Crippen molar-refractivity contribution in [2.24, 2.45) is 0 Å². The fraction of sp³-hybridized carbons (Fsp3) is 0.278. The van der Waals surface area contributed by atoms with Crippen molar-refractivity contribution in [1.82, 2.24) is 4.98 Å². The second kappa shape index (κ2) is 7.75. The highest BCUT2D eigenvalue weighted by Crippen LogP contribution is 2.19. The first-order valence-electron chi connectivity index (χ1n) is 8.29. The van der Waals surface area contributed by atoms with Crippen molar-refractivity contribution in [3.05, 3.63) is 53.7 Å². The Morgan fingerprint density at radius 3 is 2.59 bits per heavy atom. The average Bonchev–Trinajstić information content (AvgIpc) is 3.00. The number of aromatic nitrogens is 1. The van der Waals surface area contributed by atoms with E-state index in [4.69, 9.17) is 4.74 Å². The fourth-order valence-electron chi connectivity index (χ4n) is 2.81. The number of nitrogens with one attached hydrogen (secondary N) is 2. The van der Waals surface area contributed by atoms with Crippen LogP contribution < -0.4 is 10.6 Å². The zero-order valence-electron chi connectivity index (χ0n) is 14.6. The normalized spacial score (nSPS) is 17.9. The third kappa shape index (κ3) is 4.62. The molecule has 9 heteroatoms. The van der Waals surface area contributed by atoms with E-state index in [2.05, 4.69) is 15.6 Å². The van der Waals surface area contributed by atoms with Gasteiger partial charge in [-0.25, -0.2) is 18.2 Å². The van der Waals surface area contributed by atoms with Crippen LogP contribution in [0.4, 0.5) is 11.5 Å². The lowest BCUT2D eigenvalue weighted by molar-refractivity contribution is 0.0602. The van der Waals surface area contributed by atoms with Crippen molar-refractivity contribution in [2.75, 3.05) is 29.2 Å². The van der Waals surface area contributed by atoms with Crippen LogP contribution in [0.1, 0.15) is 27.1 Å². The van der Waals surface area contributed by atoms with Gasteiger partial charge in [-0.3, -0.25) is 4.79 Å². The number of ether oxygens (including phenoxy) is 1. The number of esters is 1. The molecule has 142 valence electrons. The van der Waals surface area contributed by atoms with E-state index in [0.717, 1.165) is 0 Å². The van der Waals surface area contributed by atoms with Gasteiger partial charge in [0, 0.05) is 12.2 Å². The number of hydrogen-bond donors (Lipinski definition) is 2. The fourth-order valence-corrected chi connectivity index (χ4v) is 4.48. The number of nitrogens with zero attached hydrogens (tertiary/aromatic N) is 1. The minimum Gasteiger partial charge on any atom is -0.465 e. The number of methoxy groups -OCH3 is 1. The van der Waals surface area contributed by atoms with Gasteiger partial charge in [-0.05, 0) is 30.7 Å². The van der Waals surface area contributed by atoms with Gasteiger partial charge in [0.05, 0.1) is 35.4 Å². The molecule has 3 rings (SSSR count). The summed E-state index contributed by atoms with van der Waals surface area (Å²) in [5.74, 6) is -0.209. The van der Waals surface area contributed by atoms with Gasteiger partial charge in [0.15, 0.2) is 9.84 Å². The lowest BCUT2D eigenvalue weighted by Crippen LogP contribution is -2.21. The van der Waals surface area contributed by atoms with Gasteiger partial charge in [0.1, 0.15) is 5.82 Å². The van der Waals surface area contributed by atoms with E-state index < -0.39 is 21.7 Å². The molecule has 0 radical (unpaired) electrons. The lowest BCUT2D eigenvalue weighted by Gasteiger charge is -2.12. The monoisotopic (exact) mass is 389 g/mol. The summed E-state index contributed by atoms with van der Waals surface area (Å²) in [6.07, 6.45) is 1.93. The minimum atomic E-state index is -2.98. The Labute approximate surface area is 156 Å². The highest BCUT2D eigenvalue weighted by molar-refractivity contribution is 7.91. The second-order valence-electron chi connectivity index (χ2n) is 6.17. The molecule has 1 fully saturated rings. The number of carbonyl (C=O) groups is 2. The van der Waals surface area contributed by atoms with E-state index in [-0.39, 0.29) is 23.1 Å². The summed E-state index contributed by atoms with van der Waals surface area (Å²) >= 11 is 0. The van der Waals surface area contributed by atoms with Gasteiger partial charge >= 0.3 is 5.97 Å².